The van der Waals surface area contributed by atoms with Gasteiger partial charge in [-0.15, -0.1) is 0 Å². The summed E-state index contributed by atoms with van der Waals surface area (Å²) in [7, 11) is 7.56. The van der Waals surface area contributed by atoms with Crippen LogP contribution in [0.1, 0.15) is 115 Å². The Labute approximate surface area is 212 Å². The third kappa shape index (κ3) is 6.00. The van der Waals surface area contributed by atoms with E-state index < -0.39 is 0 Å². The van der Waals surface area contributed by atoms with Crippen molar-refractivity contribution in [3.05, 3.63) is 69.3 Å². The fourth-order valence-corrected chi connectivity index (χ4v) is 6.92. The minimum atomic E-state index is -0.224. The van der Waals surface area contributed by atoms with Crippen LogP contribution in [0.15, 0.2) is 47.1 Å². The molecule has 0 aliphatic heterocycles. The second-order valence-electron chi connectivity index (χ2n) is 11.2. The number of benzene rings is 1. The summed E-state index contributed by atoms with van der Waals surface area (Å²) in [4.78, 5) is 0. The van der Waals surface area contributed by atoms with Crippen LogP contribution in [0.5, 0.6) is 0 Å². The molecule has 0 spiro atoms. The van der Waals surface area contributed by atoms with E-state index in [4.69, 9.17) is 7.85 Å². The summed E-state index contributed by atoms with van der Waals surface area (Å²) >= 11 is 0. The van der Waals surface area contributed by atoms with Crippen LogP contribution in [-0.2, 0) is 25.7 Å². The average Bonchev–Trinajstić information content (AvgIpc) is 3.64. The Kier molecular flexibility index (Phi) is 9.53. The molecule has 1 heteroatoms. The van der Waals surface area contributed by atoms with Crippen LogP contribution in [0.3, 0.4) is 0 Å². The number of rotatable bonds is 12. The lowest BCUT2D eigenvalue weighted by Crippen LogP contribution is -2.30. The van der Waals surface area contributed by atoms with Crippen LogP contribution in [0.2, 0.25) is 5.31 Å². The monoisotopic (exact) mass is 456 g/mol. The molecule has 2 atom stereocenters. The Bertz CT molecular complexity index is 926. The molecule has 0 bridgehead atoms. The minimum absolute atomic E-state index is 0.224. The van der Waals surface area contributed by atoms with Crippen molar-refractivity contribution in [1.82, 2.24) is 0 Å². The molecule has 0 heterocycles. The smallest absolute Gasteiger partial charge is 0.0810 e. The standard InChI is InChI=1S/C33H49B/c1-8-26(9-2)23(7)18-25-20-28(11-4)32(13-6)33(34,21-25)22-31-29(19-24-14-15-24)17-16-27(10-3)30(31)12-5/h8,16-17,24-25H,1,9-15,18-22H2,2-7H3/b26-23-. The highest BCUT2D eigenvalue weighted by Crippen LogP contribution is 2.53. The van der Waals surface area contributed by atoms with Gasteiger partial charge in [0.2, 0.25) is 0 Å². The Morgan fingerprint density at radius 3 is 2.21 bits per heavy atom. The normalized spacial score (nSPS) is 23.8. The minimum Gasteiger partial charge on any atom is -0.0988 e. The van der Waals surface area contributed by atoms with Crippen LogP contribution < -0.4 is 0 Å². The lowest BCUT2D eigenvalue weighted by atomic mass is 9.51. The zero-order valence-electron chi connectivity index (χ0n) is 23.2. The zero-order chi connectivity index (χ0) is 24.9. The summed E-state index contributed by atoms with van der Waals surface area (Å²) in [5.74, 6) is 1.53. The molecule has 2 unspecified atom stereocenters. The fourth-order valence-electron chi connectivity index (χ4n) is 6.92. The van der Waals surface area contributed by atoms with Gasteiger partial charge >= 0.3 is 0 Å². The topological polar surface area (TPSA) is 0 Å². The van der Waals surface area contributed by atoms with Gasteiger partial charge in [0.05, 0.1) is 7.85 Å². The molecule has 2 radical (unpaired) electrons. The van der Waals surface area contributed by atoms with Crippen molar-refractivity contribution in [1.29, 1.82) is 0 Å². The third-order valence-electron chi connectivity index (χ3n) is 8.82. The van der Waals surface area contributed by atoms with Crippen LogP contribution in [0, 0.1) is 11.8 Å². The molecule has 1 aromatic carbocycles. The van der Waals surface area contributed by atoms with E-state index in [0.29, 0.717) is 5.92 Å². The summed E-state index contributed by atoms with van der Waals surface area (Å²) in [5, 5.41) is -0.224. The first-order chi connectivity index (χ1) is 16.3. The summed E-state index contributed by atoms with van der Waals surface area (Å²) in [6.07, 6.45) is 16.1. The van der Waals surface area contributed by atoms with E-state index in [9.17, 15) is 0 Å². The van der Waals surface area contributed by atoms with Crippen LogP contribution in [-0.4, -0.2) is 7.85 Å². The van der Waals surface area contributed by atoms with E-state index >= 15 is 0 Å². The lowest BCUT2D eigenvalue weighted by Gasteiger charge is -2.44. The molecule has 2 aliphatic rings. The second kappa shape index (κ2) is 12.0. The molecule has 1 aromatic rings. The third-order valence-corrected chi connectivity index (χ3v) is 8.82. The molecule has 34 heavy (non-hydrogen) atoms. The lowest BCUT2D eigenvalue weighted by molar-refractivity contribution is 0.368. The summed E-state index contributed by atoms with van der Waals surface area (Å²) in [6.45, 7) is 18.0. The van der Waals surface area contributed by atoms with Gasteiger partial charge in [0.15, 0.2) is 0 Å². The van der Waals surface area contributed by atoms with Crippen molar-refractivity contribution in [2.75, 3.05) is 0 Å². The number of hydrogen-bond donors (Lipinski definition) is 0. The Balaban J connectivity index is 2.03. The van der Waals surface area contributed by atoms with Crippen LogP contribution in [0.4, 0.5) is 0 Å². The molecule has 3 rings (SSSR count). The molecule has 1 saturated carbocycles. The largest absolute Gasteiger partial charge is 0.0988 e. The van der Waals surface area contributed by atoms with Crippen molar-refractivity contribution in [2.24, 2.45) is 11.8 Å². The van der Waals surface area contributed by atoms with Gasteiger partial charge in [-0.3, -0.25) is 0 Å². The number of aryl methyl sites for hydroxylation is 1. The number of hydrogen-bond acceptors (Lipinski definition) is 0. The maximum atomic E-state index is 7.56. The average molecular weight is 457 g/mol. The quantitative estimate of drug-likeness (QED) is 0.167. The summed E-state index contributed by atoms with van der Waals surface area (Å²) in [5.41, 5.74) is 12.4. The Morgan fingerprint density at radius 2 is 1.68 bits per heavy atom. The highest BCUT2D eigenvalue weighted by molar-refractivity contribution is 6.18. The first-order valence-corrected chi connectivity index (χ1v) is 14.3. The molecule has 0 N–H and O–H groups in total. The van der Waals surface area contributed by atoms with Crippen molar-refractivity contribution < 1.29 is 0 Å². The van der Waals surface area contributed by atoms with Crippen LogP contribution in [0.25, 0.3) is 0 Å². The predicted octanol–water partition coefficient (Wildman–Crippen LogP) is 9.46. The van der Waals surface area contributed by atoms with E-state index in [0.717, 1.165) is 57.3 Å². The molecular formula is C33H49B. The molecule has 0 saturated heterocycles. The van der Waals surface area contributed by atoms with Gasteiger partial charge in [-0.1, -0.05) is 76.1 Å². The Hall–Kier alpha value is -1.50. The summed E-state index contributed by atoms with van der Waals surface area (Å²) in [6, 6.07) is 4.87. The van der Waals surface area contributed by atoms with E-state index in [2.05, 4.69) is 66.3 Å². The van der Waals surface area contributed by atoms with Gasteiger partial charge in [-0.05, 0) is 129 Å². The fraction of sp³-hybridized carbons (Fsp3) is 0.636. The van der Waals surface area contributed by atoms with E-state index in [-0.39, 0.29) is 5.31 Å². The summed E-state index contributed by atoms with van der Waals surface area (Å²) < 4.78 is 0. The molecule has 184 valence electrons. The van der Waals surface area contributed by atoms with Gasteiger partial charge in [0.1, 0.15) is 0 Å². The van der Waals surface area contributed by atoms with Crippen molar-refractivity contribution >= 4 is 7.85 Å². The molecule has 2 aliphatic carbocycles. The highest BCUT2D eigenvalue weighted by Gasteiger charge is 2.38. The predicted molar refractivity (Wildman–Crippen MR) is 152 cm³/mol. The molecule has 0 aromatic heterocycles. The van der Waals surface area contributed by atoms with Gasteiger partial charge in [-0.25, -0.2) is 0 Å². The van der Waals surface area contributed by atoms with E-state index in [1.165, 1.54) is 42.4 Å². The van der Waals surface area contributed by atoms with E-state index in [1.54, 1.807) is 27.8 Å². The Morgan fingerprint density at radius 1 is 0.971 bits per heavy atom. The number of allylic oxidation sites excluding steroid dienone is 5. The zero-order valence-corrected chi connectivity index (χ0v) is 23.2. The maximum absolute atomic E-state index is 7.56. The van der Waals surface area contributed by atoms with Crippen molar-refractivity contribution in [3.8, 4) is 0 Å². The molecular weight excluding hydrogens is 407 g/mol. The molecule has 0 nitrogen and oxygen atoms in total. The van der Waals surface area contributed by atoms with E-state index in [1.807, 2.05) is 0 Å². The van der Waals surface area contributed by atoms with Gasteiger partial charge < -0.3 is 0 Å². The molecule has 0 amide bonds. The van der Waals surface area contributed by atoms with Gasteiger partial charge in [0, 0.05) is 0 Å². The highest BCUT2D eigenvalue weighted by atomic mass is 14.4. The first kappa shape index (κ1) is 27.1. The van der Waals surface area contributed by atoms with Gasteiger partial charge in [-0.2, -0.15) is 0 Å². The molecule has 1 fully saturated rings. The van der Waals surface area contributed by atoms with Crippen molar-refractivity contribution in [2.45, 2.75) is 124 Å². The van der Waals surface area contributed by atoms with Gasteiger partial charge in [0.25, 0.3) is 0 Å². The maximum Gasteiger partial charge on any atom is 0.0810 e. The first-order valence-electron chi connectivity index (χ1n) is 14.3. The second-order valence-corrected chi connectivity index (χ2v) is 11.2. The SMILES string of the molecule is [B]C1(Cc2c(CC3CC3)ccc(CC)c2CC)CC(C/C(C)=C(/C=C)CC)CC(CC)=C1CC. The van der Waals surface area contributed by atoms with Crippen molar-refractivity contribution in [3.63, 3.8) is 0 Å². The van der Waals surface area contributed by atoms with Crippen LogP contribution >= 0.6 is 0 Å².